The topological polar surface area (TPSA) is 9.23 Å². The number of rotatable bonds is 14. The summed E-state index contributed by atoms with van der Waals surface area (Å²) in [6.45, 7) is 29.3. The smallest absolute Gasteiger partial charge is 0.112 e. The van der Waals surface area contributed by atoms with Crippen molar-refractivity contribution in [2.45, 2.75) is 73.3 Å². The minimum absolute atomic E-state index is 0.168. The average Bonchev–Trinajstić information content (AvgIpc) is 2.59. The van der Waals surface area contributed by atoms with Crippen LogP contribution in [0.15, 0.2) is 73.1 Å². The van der Waals surface area contributed by atoms with Crippen molar-refractivity contribution in [3.05, 3.63) is 73.1 Å². The van der Waals surface area contributed by atoms with Gasteiger partial charge in [-0.05, 0) is 61.7 Å². The quantitative estimate of drug-likeness (QED) is 0.221. The predicted octanol–water partition coefficient (Wildman–Crippen LogP) is 8.19. The second-order valence-electron chi connectivity index (χ2n) is 8.46. The number of ether oxygens (including phenoxy) is 1. The van der Waals surface area contributed by atoms with Crippen LogP contribution in [0, 0.1) is 17.8 Å². The molecule has 0 aromatic heterocycles. The van der Waals surface area contributed by atoms with E-state index in [0.29, 0.717) is 5.76 Å². The van der Waals surface area contributed by atoms with E-state index in [2.05, 4.69) is 60.9 Å². The lowest BCUT2D eigenvalue weighted by molar-refractivity contribution is 0.123. The van der Waals surface area contributed by atoms with Crippen LogP contribution < -0.4 is 0 Å². The van der Waals surface area contributed by atoms with Gasteiger partial charge in [0.1, 0.15) is 5.76 Å². The molecule has 0 aromatic rings. The molecule has 3 atom stereocenters. The van der Waals surface area contributed by atoms with Crippen LogP contribution in [0.4, 0.5) is 0 Å². The van der Waals surface area contributed by atoms with E-state index < -0.39 is 0 Å². The van der Waals surface area contributed by atoms with Gasteiger partial charge in [-0.2, -0.15) is 0 Å². The molecule has 0 heterocycles. The molecule has 0 aliphatic heterocycles. The lowest BCUT2D eigenvalue weighted by atomic mass is 9.86. The van der Waals surface area contributed by atoms with Gasteiger partial charge in [-0.3, -0.25) is 0 Å². The lowest BCUT2D eigenvalue weighted by Crippen LogP contribution is -2.14. The highest BCUT2D eigenvalue weighted by molar-refractivity contribution is 5.44. The van der Waals surface area contributed by atoms with Crippen LogP contribution in [0.5, 0.6) is 0 Å². The van der Waals surface area contributed by atoms with E-state index in [1.54, 1.807) is 0 Å². The van der Waals surface area contributed by atoms with Crippen molar-refractivity contribution < 1.29 is 4.74 Å². The van der Waals surface area contributed by atoms with E-state index in [0.717, 1.165) is 40.9 Å². The highest BCUT2D eigenvalue weighted by Gasteiger charge is 2.14. The first-order chi connectivity index (χ1) is 12.5. The minimum atomic E-state index is 0.168. The monoisotopic (exact) mass is 370 g/mol. The molecule has 0 saturated carbocycles. The summed E-state index contributed by atoms with van der Waals surface area (Å²) in [5, 5.41) is 0. The van der Waals surface area contributed by atoms with E-state index in [-0.39, 0.29) is 6.10 Å². The molecule has 0 rings (SSSR count). The maximum atomic E-state index is 5.92. The maximum absolute atomic E-state index is 5.92. The van der Waals surface area contributed by atoms with Gasteiger partial charge in [-0.15, -0.1) is 0 Å². The second kappa shape index (κ2) is 13.4. The fraction of sp³-hybridized carbons (Fsp3) is 0.538. The van der Waals surface area contributed by atoms with Crippen molar-refractivity contribution in [3.63, 3.8) is 0 Å². The van der Waals surface area contributed by atoms with Crippen molar-refractivity contribution in [3.8, 4) is 0 Å². The predicted molar refractivity (Wildman–Crippen MR) is 123 cm³/mol. The molecule has 0 bridgehead atoms. The highest BCUT2D eigenvalue weighted by Crippen LogP contribution is 2.24. The Morgan fingerprint density at radius 2 is 1.19 bits per heavy atom. The van der Waals surface area contributed by atoms with Crippen molar-refractivity contribution in [1.29, 1.82) is 0 Å². The number of allylic oxidation sites excluding steroid dienone is 7. The molecule has 1 heteroatoms. The van der Waals surface area contributed by atoms with E-state index in [9.17, 15) is 0 Å². The van der Waals surface area contributed by atoms with Gasteiger partial charge in [0.15, 0.2) is 0 Å². The molecule has 0 aliphatic carbocycles. The highest BCUT2D eigenvalue weighted by atomic mass is 16.5. The van der Waals surface area contributed by atoms with Gasteiger partial charge >= 0.3 is 0 Å². The first-order valence-corrected chi connectivity index (χ1v) is 10.3. The van der Waals surface area contributed by atoms with Gasteiger partial charge in [0.05, 0.1) is 6.10 Å². The van der Waals surface area contributed by atoms with Crippen molar-refractivity contribution in [2.75, 3.05) is 0 Å². The van der Waals surface area contributed by atoms with Gasteiger partial charge in [-0.25, -0.2) is 0 Å². The zero-order valence-corrected chi connectivity index (χ0v) is 18.7. The van der Waals surface area contributed by atoms with Crippen LogP contribution in [0.2, 0.25) is 0 Å². The molecule has 0 aromatic carbocycles. The van der Waals surface area contributed by atoms with Gasteiger partial charge in [0.25, 0.3) is 0 Å². The third kappa shape index (κ3) is 13.1. The largest absolute Gasteiger partial charge is 0.491 e. The minimum Gasteiger partial charge on any atom is -0.491 e. The third-order valence-electron chi connectivity index (χ3n) is 5.00. The molecule has 3 unspecified atom stereocenters. The fourth-order valence-corrected chi connectivity index (χ4v) is 2.67. The van der Waals surface area contributed by atoms with Crippen LogP contribution in [0.25, 0.3) is 0 Å². The van der Waals surface area contributed by atoms with Gasteiger partial charge in [-0.1, -0.05) is 90.7 Å². The number of hydrogen-bond donors (Lipinski definition) is 0. The molecule has 0 aliphatic rings. The Hall–Kier alpha value is -1.76. The van der Waals surface area contributed by atoms with Crippen LogP contribution in [0.3, 0.4) is 0 Å². The molecular weight excluding hydrogens is 328 g/mol. The van der Waals surface area contributed by atoms with Crippen LogP contribution in [0.1, 0.15) is 67.2 Å². The SMILES string of the molecule is C=C(C)/C=C\C(=C)C(=C)/C=C\C(=C)OC(C)CCC(C)C(C)CCC(C)C. The molecule has 0 spiro atoms. The molecule has 0 saturated heterocycles. The van der Waals surface area contributed by atoms with Gasteiger partial charge in [0.2, 0.25) is 0 Å². The molecule has 0 amide bonds. The van der Waals surface area contributed by atoms with Crippen LogP contribution in [-0.2, 0) is 4.74 Å². The van der Waals surface area contributed by atoms with Crippen molar-refractivity contribution >= 4 is 0 Å². The van der Waals surface area contributed by atoms with Gasteiger partial charge in [0, 0.05) is 0 Å². The zero-order chi connectivity index (χ0) is 21.0. The van der Waals surface area contributed by atoms with Crippen molar-refractivity contribution in [2.24, 2.45) is 17.8 Å². The average molecular weight is 371 g/mol. The standard InChI is InChI=1S/C26H42O/c1-19(2)11-13-21(5)23(7)15-17-25(9)27-26(10)18-16-24(8)22(6)14-12-20(3)4/h11,13,15,17,20,22,24,26H,1,5,7,9,12,14,16,18H2,2-4,6,8,10H3/b13-11-,17-15-. The van der Waals surface area contributed by atoms with Gasteiger partial charge < -0.3 is 4.74 Å². The molecule has 1 nitrogen and oxygen atoms in total. The first-order valence-electron chi connectivity index (χ1n) is 10.3. The summed E-state index contributed by atoms with van der Waals surface area (Å²) in [4.78, 5) is 0. The lowest BCUT2D eigenvalue weighted by Gasteiger charge is -2.23. The summed E-state index contributed by atoms with van der Waals surface area (Å²) in [6.07, 6.45) is 12.7. The van der Waals surface area contributed by atoms with Crippen LogP contribution >= 0.6 is 0 Å². The molecule has 0 N–H and O–H groups in total. The van der Waals surface area contributed by atoms with Crippen LogP contribution in [-0.4, -0.2) is 6.10 Å². The van der Waals surface area contributed by atoms with Crippen molar-refractivity contribution in [1.82, 2.24) is 0 Å². The first kappa shape index (κ1) is 25.2. The van der Waals surface area contributed by atoms with E-state index in [1.807, 2.05) is 31.2 Å². The normalized spacial score (nSPS) is 15.1. The Morgan fingerprint density at radius 1 is 0.704 bits per heavy atom. The summed E-state index contributed by atoms with van der Waals surface area (Å²) in [5.41, 5.74) is 2.69. The maximum Gasteiger partial charge on any atom is 0.112 e. The molecule has 152 valence electrons. The fourth-order valence-electron chi connectivity index (χ4n) is 2.67. The van der Waals surface area contributed by atoms with E-state index in [1.165, 1.54) is 19.3 Å². The Kier molecular flexibility index (Phi) is 12.5. The van der Waals surface area contributed by atoms with E-state index in [4.69, 9.17) is 4.74 Å². The van der Waals surface area contributed by atoms with E-state index >= 15 is 0 Å². The summed E-state index contributed by atoms with van der Waals surface area (Å²) in [5.74, 6) is 2.95. The Balaban J connectivity index is 4.28. The molecule has 0 radical (unpaired) electrons. The molecular formula is C26H42O. The number of hydrogen-bond acceptors (Lipinski definition) is 1. The summed E-state index contributed by atoms with van der Waals surface area (Å²) < 4.78 is 5.92. The zero-order valence-electron chi connectivity index (χ0n) is 18.7. The summed E-state index contributed by atoms with van der Waals surface area (Å²) in [7, 11) is 0. The second-order valence-corrected chi connectivity index (χ2v) is 8.46. The summed E-state index contributed by atoms with van der Waals surface area (Å²) in [6, 6.07) is 0. The third-order valence-corrected chi connectivity index (χ3v) is 5.00. The molecule has 0 fully saturated rings. The summed E-state index contributed by atoms with van der Waals surface area (Å²) >= 11 is 0. The Morgan fingerprint density at radius 3 is 1.67 bits per heavy atom. The Labute approximate surface area is 169 Å². The molecule has 27 heavy (non-hydrogen) atoms. The Bertz CT molecular complexity index is 559.